The molecule has 0 saturated carbocycles. The van der Waals surface area contributed by atoms with Crippen molar-refractivity contribution in [3.05, 3.63) is 51.2 Å². The van der Waals surface area contributed by atoms with E-state index in [0.29, 0.717) is 30.2 Å². The molecule has 0 bridgehead atoms. The van der Waals surface area contributed by atoms with Crippen molar-refractivity contribution in [2.24, 2.45) is 0 Å². The van der Waals surface area contributed by atoms with Gasteiger partial charge in [-0.25, -0.2) is 9.37 Å². The van der Waals surface area contributed by atoms with Gasteiger partial charge in [0, 0.05) is 11.1 Å². The van der Waals surface area contributed by atoms with Crippen molar-refractivity contribution in [3.63, 3.8) is 0 Å². The highest BCUT2D eigenvalue weighted by Gasteiger charge is 2.35. The summed E-state index contributed by atoms with van der Waals surface area (Å²) in [6.45, 7) is 0. The third kappa shape index (κ3) is 2.43. The molecule has 0 aliphatic heterocycles. The molecule has 0 spiro atoms. The smallest absolute Gasteiger partial charge is 0.306 e. The third-order valence-corrected chi connectivity index (χ3v) is 3.48. The first kappa shape index (κ1) is 13.8. The standard InChI is InChI=1S/C14H10F4N2O/c15-7-4-5-8(10(6-7)14(16,17)18)12-19-11-3-1-2-9(11)13(21)20-12/h4-6H,1-3H2,(H,19,20,21). The zero-order valence-corrected chi connectivity index (χ0v) is 10.7. The van der Waals surface area contributed by atoms with Gasteiger partial charge in [-0.15, -0.1) is 0 Å². The summed E-state index contributed by atoms with van der Waals surface area (Å²) in [4.78, 5) is 18.4. The summed E-state index contributed by atoms with van der Waals surface area (Å²) in [5, 5.41) is 0. The van der Waals surface area contributed by atoms with E-state index in [-0.39, 0.29) is 11.4 Å². The van der Waals surface area contributed by atoms with E-state index in [1.165, 1.54) is 0 Å². The quantitative estimate of drug-likeness (QED) is 0.822. The summed E-state index contributed by atoms with van der Waals surface area (Å²) in [6.07, 6.45) is -2.83. The monoisotopic (exact) mass is 298 g/mol. The molecule has 0 fully saturated rings. The molecule has 0 saturated heterocycles. The number of nitrogens with zero attached hydrogens (tertiary/aromatic N) is 1. The van der Waals surface area contributed by atoms with Crippen molar-refractivity contribution in [1.29, 1.82) is 0 Å². The molecule has 0 unspecified atom stereocenters. The lowest BCUT2D eigenvalue weighted by Crippen LogP contribution is -2.17. The summed E-state index contributed by atoms with van der Waals surface area (Å²) in [7, 11) is 0. The van der Waals surface area contributed by atoms with Crippen LogP contribution in [0.1, 0.15) is 23.2 Å². The third-order valence-electron chi connectivity index (χ3n) is 3.48. The van der Waals surface area contributed by atoms with E-state index in [1.54, 1.807) is 0 Å². The van der Waals surface area contributed by atoms with Crippen LogP contribution in [0.25, 0.3) is 11.4 Å². The Labute approximate surface area is 116 Å². The lowest BCUT2D eigenvalue weighted by molar-refractivity contribution is -0.137. The van der Waals surface area contributed by atoms with Gasteiger partial charge in [0.05, 0.1) is 11.3 Å². The molecular formula is C14H10F4N2O. The van der Waals surface area contributed by atoms with Crippen LogP contribution in [0.15, 0.2) is 23.0 Å². The number of fused-ring (bicyclic) bond motifs is 1. The number of alkyl halides is 3. The number of aryl methyl sites for hydroxylation is 1. The summed E-state index contributed by atoms with van der Waals surface area (Å²) in [5.41, 5.74) is -0.857. The molecule has 110 valence electrons. The predicted octanol–water partition coefficient (Wildman–Crippen LogP) is 3.08. The average molecular weight is 298 g/mol. The number of hydrogen-bond donors (Lipinski definition) is 1. The maximum Gasteiger partial charge on any atom is 0.417 e. The number of H-pyrrole nitrogens is 1. The van der Waals surface area contributed by atoms with Crippen LogP contribution in [0, 0.1) is 5.82 Å². The second-order valence-electron chi connectivity index (χ2n) is 4.88. The molecule has 0 radical (unpaired) electrons. The first-order chi connectivity index (χ1) is 9.86. The van der Waals surface area contributed by atoms with E-state index in [9.17, 15) is 22.4 Å². The van der Waals surface area contributed by atoms with Gasteiger partial charge in [-0.3, -0.25) is 4.79 Å². The Hall–Kier alpha value is -2.18. The van der Waals surface area contributed by atoms with Gasteiger partial charge < -0.3 is 4.98 Å². The molecule has 3 nitrogen and oxygen atoms in total. The van der Waals surface area contributed by atoms with Crippen LogP contribution in [0.5, 0.6) is 0 Å². The Morgan fingerprint density at radius 1 is 1.19 bits per heavy atom. The molecule has 2 aromatic rings. The van der Waals surface area contributed by atoms with Crippen molar-refractivity contribution in [2.45, 2.75) is 25.4 Å². The van der Waals surface area contributed by atoms with Gasteiger partial charge in [-0.2, -0.15) is 13.2 Å². The van der Waals surface area contributed by atoms with E-state index in [0.717, 1.165) is 18.6 Å². The molecule has 0 atom stereocenters. The minimum absolute atomic E-state index is 0.173. The first-order valence-electron chi connectivity index (χ1n) is 6.35. The number of halogens is 4. The highest BCUT2D eigenvalue weighted by Crippen LogP contribution is 2.36. The summed E-state index contributed by atoms with van der Waals surface area (Å²) >= 11 is 0. The predicted molar refractivity (Wildman–Crippen MR) is 67.3 cm³/mol. The lowest BCUT2D eigenvalue weighted by atomic mass is 10.1. The SMILES string of the molecule is O=c1[nH]c(-c2ccc(F)cc2C(F)(F)F)nc2c1CCC2. The number of benzene rings is 1. The highest BCUT2D eigenvalue weighted by molar-refractivity contribution is 5.61. The van der Waals surface area contributed by atoms with Crippen LogP contribution in [-0.4, -0.2) is 9.97 Å². The number of aromatic amines is 1. The Morgan fingerprint density at radius 2 is 1.95 bits per heavy atom. The fourth-order valence-corrected chi connectivity index (χ4v) is 2.53. The van der Waals surface area contributed by atoms with E-state index in [1.807, 2.05) is 0 Å². The highest BCUT2D eigenvalue weighted by atomic mass is 19.4. The Morgan fingerprint density at radius 3 is 2.67 bits per heavy atom. The van der Waals surface area contributed by atoms with E-state index < -0.39 is 23.1 Å². The first-order valence-corrected chi connectivity index (χ1v) is 6.35. The van der Waals surface area contributed by atoms with E-state index in [2.05, 4.69) is 9.97 Å². The maximum atomic E-state index is 13.1. The number of aromatic nitrogens is 2. The number of hydrogen-bond acceptors (Lipinski definition) is 2. The van der Waals surface area contributed by atoms with Crippen molar-refractivity contribution in [3.8, 4) is 11.4 Å². The van der Waals surface area contributed by atoms with E-state index >= 15 is 0 Å². The van der Waals surface area contributed by atoms with Crippen LogP contribution in [0.4, 0.5) is 17.6 Å². The fraction of sp³-hybridized carbons (Fsp3) is 0.286. The molecular weight excluding hydrogens is 288 g/mol. The minimum Gasteiger partial charge on any atom is -0.306 e. The van der Waals surface area contributed by atoms with Gasteiger partial charge in [0.25, 0.3) is 5.56 Å². The normalized spacial score (nSPS) is 14.3. The van der Waals surface area contributed by atoms with Gasteiger partial charge in [0.2, 0.25) is 0 Å². The number of rotatable bonds is 1. The minimum atomic E-state index is -4.73. The molecule has 7 heteroatoms. The van der Waals surface area contributed by atoms with Gasteiger partial charge >= 0.3 is 6.18 Å². The van der Waals surface area contributed by atoms with Gasteiger partial charge in [-0.1, -0.05) is 0 Å². The van der Waals surface area contributed by atoms with Gasteiger partial charge in [0.1, 0.15) is 11.6 Å². The molecule has 1 N–H and O–H groups in total. The Balaban J connectivity index is 2.22. The summed E-state index contributed by atoms with van der Waals surface area (Å²) in [5.74, 6) is -1.16. The van der Waals surface area contributed by atoms with E-state index in [4.69, 9.17) is 0 Å². The fourth-order valence-electron chi connectivity index (χ4n) is 2.53. The Kier molecular flexibility index (Phi) is 3.07. The van der Waals surface area contributed by atoms with Crippen molar-refractivity contribution in [2.75, 3.05) is 0 Å². The molecule has 1 aromatic carbocycles. The molecule has 3 rings (SSSR count). The van der Waals surface area contributed by atoms with Crippen LogP contribution < -0.4 is 5.56 Å². The van der Waals surface area contributed by atoms with Gasteiger partial charge in [0.15, 0.2) is 0 Å². The average Bonchev–Trinajstić information content (AvgIpc) is 2.86. The zero-order valence-electron chi connectivity index (χ0n) is 10.7. The molecule has 1 aliphatic carbocycles. The molecule has 1 aliphatic rings. The van der Waals surface area contributed by atoms with Crippen LogP contribution in [-0.2, 0) is 19.0 Å². The molecule has 1 aromatic heterocycles. The second-order valence-corrected chi connectivity index (χ2v) is 4.88. The van der Waals surface area contributed by atoms with Crippen molar-refractivity contribution >= 4 is 0 Å². The van der Waals surface area contributed by atoms with Crippen LogP contribution in [0.2, 0.25) is 0 Å². The summed E-state index contributed by atoms with van der Waals surface area (Å²) < 4.78 is 52.1. The topological polar surface area (TPSA) is 45.8 Å². The zero-order chi connectivity index (χ0) is 15.2. The van der Waals surface area contributed by atoms with Crippen LogP contribution in [0.3, 0.4) is 0 Å². The second kappa shape index (κ2) is 4.68. The largest absolute Gasteiger partial charge is 0.417 e. The summed E-state index contributed by atoms with van der Waals surface area (Å²) in [6, 6.07) is 2.30. The number of nitrogens with one attached hydrogen (secondary N) is 1. The molecule has 1 heterocycles. The van der Waals surface area contributed by atoms with Crippen molar-refractivity contribution < 1.29 is 17.6 Å². The Bertz CT molecular complexity index is 765. The molecule has 0 amide bonds. The van der Waals surface area contributed by atoms with Crippen molar-refractivity contribution in [1.82, 2.24) is 9.97 Å². The lowest BCUT2D eigenvalue weighted by Gasteiger charge is -2.13. The van der Waals surface area contributed by atoms with Gasteiger partial charge in [-0.05, 0) is 37.5 Å². The van der Waals surface area contributed by atoms with Crippen LogP contribution >= 0.6 is 0 Å². The maximum absolute atomic E-state index is 13.1. The molecule has 21 heavy (non-hydrogen) atoms.